The van der Waals surface area contributed by atoms with Crippen molar-refractivity contribution >= 4 is 43.3 Å². The zero-order valence-electron chi connectivity index (χ0n) is 14.1. The quantitative estimate of drug-likeness (QED) is 0.392. The second-order valence-electron chi connectivity index (χ2n) is 4.98. The van der Waals surface area contributed by atoms with Gasteiger partial charge in [-0.15, -0.1) is 0 Å². The first-order valence-corrected chi connectivity index (χ1v) is 10.6. The molecule has 0 aliphatic rings. The Morgan fingerprint density at radius 2 is 1.23 bits per heavy atom. The third-order valence-electron chi connectivity index (χ3n) is 3.18. The molecule has 3 aromatic rings. The molecule has 0 aliphatic carbocycles. The number of nitrogens with zero attached hydrogens (tertiary/aromatic N) is 4. The molecule has 3 rings (SSSR count). The van der Waals surface area contributed by atoms with Crippen molar-refractivity contribution in [3.63, 3.8) is 0 Å². The van der Waals surface area contributed by atoms with Gasteiger partial charge in [-0.25, -0.2) is 20.0 Å². The fourth-order valence-electron chi connectivity index (χ4n) is 2.02. The Morgan fingerprint density at radius 3 is 1.58 bits per heavy atom. The molecular weight excluding hydrogens is 415 g/mol. The average Bonchev–Trinajstić information content (AvgIpc) is 3.15. The van der Waals surface area contributed by atoms with Crippen molar-refractivity contribution in [3.8, 4) is 0 Å². The number of pyridine rings is 2. The van der Waals surface area contributed by atoms with Crippen LogP contribution >= 0.6 is 20.2 Å². The monoisotopic (exact) mass is 430 g/mol. The van der Waals surface area contributed by atoms with E-state index in [4.69, 9.17) is 24.6 Å². The molecule has 136 valence electrons. The first-order chi connectivity index (χ1) is 12.6. The molecule has 0 saturated heterocycles. The molecule has 0 spiro atoms. The third-order valence-corrected chi connectivity index (χ3v) is 3.18. The van der Waals surface area contributed by atoms with E-state index in [0.717, 1.165) is 11.4 Å². The van der Waals surface area contributed by atoms with E-state index in [-0.39, 0.29) is 13.1 Å². The molecule has 0 radical (unpaired) electrons. The number of aromatic nitrogens is 2. The fourth-order valence-corrected chi connectivity index (χ4v) is 2.02. The fraction of sp³-hybridized carbons (Fsp3) is 0.111. The normalized spacial score (nSPS) is 11.8. The topological polar surface area (TPSA) is 63.6 Å². The van der Waals surface area contributed by atoms with Crippen molar-refractivity contribution in [1.82, 2.24) is 9.97 Å². The average molecular weight is 431 g/mol. The van der Waals surface area contributed by atoms with Gasteiger partial charge in [0.25, 0.3) is 0 Å². The van der Waals surface area contributed by atoms with Crippen molar-refractivity contribution in [1.29, 1.82) is 0 Å². The Hall–Kier alpha value is -1.98. The Bertz CT molecular complexity index is 797. The van der Waals surface area contributed by atoms with E-state index in [1.54, 1.807) is 12.4 Å². The maximum absolute atomic E-state index is 5.83. The van der Waals surface area contributed by atoms with Gasteiger partial charge >= 0.3 is 33.3 Å². The summed E-state index contributed by atoms with van der Waals surface area (Å²) < 4.78 is 5.83. The molecule has 0 bridgehead atoms. The van der Waals surface area contributed by atoms with E-state index in [9.17, 15) is 0 Å². The van der Waals surface area contributed by atoms with E-state index in [1.165, 1.54) is 0 Å². The van der Waals surface area contributed by atoms with Crippen LogP contribution < -0.4 is 0 Å². The number of hydrogen-bond acceptors (Lipinski definition) is 5. The molecule has 8 heteroatoms. The van der Waals surface area contributed by atoms with Gasteiger partial charge in [-0.05, 0) is 50.2 Å². The second-order valence-corrected chi connectivity index (χ2v) is 6.81. The number of aliphatic imine (C=N–C) groups is 2. The second kappa shape index (κ2) is 10.9. The number of rotatable bonds is 4. The molecule has 0 aliphatic heterocycles. The molecule has 0 amide bonds. The van der Waals surface area contributed by atoms with Crippen LogP contribution in [0, 0.1) is 0 Å². The Labute approximate surface area is 166 Å². The third kappa shape index (κ3) is 6.39. The van der Waals surface area contributed by atoms with Crippen LogP contribution in [0.4, 0.5) is 11.6 Å². The molecule has 3 heterocycles. The van der Waals surface area contributed by atoms with Gasteiger partial charge in [-0.3, -0.25) is 0 Å². The summed E-state index contributed by atoms with van der Waals surface area (Å²) >= 11 is 0.194. The van der Waals surface area contributed by atoms with E-state index < -0.39 is 0 Å². The van der Waals surface area contributed by atoms with E-state index in [1.807, 2.05) is 62.4 Å². The van der Waals surface area contributed by atoms with Gasteiger partial charge in [0.15, 0.2) is 11.6 Å². The van der Waals surface area contributed by atoms with Gasteiger partial charge in [0.2, 0.25) is 0 Å². The van der Waals surface area contributed by atoms with Gasteiger partial charge in [-0.1, -0.05) is 12.1 Å². The molecule has 26 heavy (non-hydrogen) atoms. The zero-order chi connectivity index (χ0) is 18.8. The standard InChI is InChI=1S/C18H16N4O.2ClH.Fe/c1-13(21-17-7-3-5-11-19-17)15-9-10-16(23-15)14(2)22-18-8-4-6-12-20-18;;;/h3-12H,1-2H3;2*1H;/q;;;+2/p-2/b21-13+,22-14+;;;. The summed E-state index contributed by atoms with van der Waals surface area (Å²) in [5.41, 5.74) is 1.53. The van der Waals surface area contributed by atoms with Gasteiger partial charge < -0.3 is 4.42 Å². The summed E-state index contributed by atoms with van der Waals surface area (Å²) in [5.74, 6) is 2.70. The zero-order valence-corrected chi connectivity index (χ0v) is 16.7. The summed E-state index contributed by atoms with van der Waals surface area (Å²) in [6.45, 7) is 3.78. The van der Waals surface area contributed by atoms with Crippen LogP contribution in [0.15, 0.2) is 75.3 Å². The van der Waals surface area contributed by atoms with Crippen molar-refractivity contribution in [2.45, 2.75) is 13.8 Å². The molecule has 3 aromatic heterocycles. The van der Waals surface area contributed by atoms with Crippen molar-refractivity contribution in [2.24, 2.45) is 9.98 Å². The molecule has 0 fully saturated rings. The predicted octanol–water partition coefficient (Wildman–Crippen LogP) is 5.73. The van der Waals surface area contributed by atoms with Crippen molar-refractivity contribution in [2.75, 3.05) is 0 Å². The Balaban J connectivity index is 0.000000758. The van der Waals surface area contributed by atoms with E-state index in [0.29, 0.717) is 23.2 Å². The number of hydrogen-bond donors (Lipinski definition) is 0. The van der Waals surface area contributed by atoms with Crippen LogP contribution in [-0.2, 0) is 13.1 Å². The van der Waals surface area contributed by atoms with Crippen molar-refractivity contribution < 1.29 is 17.6 Å². The first kappa shape index (κ1) is 20.3. The van der Waals surface area contributed by atoms with Gasteiger partial charge in [0.1, 0.15) is 11.5 Å². The van der Waals surface area contributed by atoms with Gasteiger partial charge in [0.05, 0.1) is 11.4 Å². The van der Waals surface area contributed by atoms with E-state index in [2.05, 4.69) is 20.0 Å². The minimum absolute atomic E-state index is 0.194. The van der Waals surface area contributed by atoms with E-state index >= 15 is 0 Å². The molecule has 0 unspecified atom stereocenters. The summed E-state index contributed by atoms with van der Waals surface area (Å²) in [7, 11) is 9.53. The minimum atomic E-state index is 0.194. The van der Waals surface area contributed by atoms with Gasteiger partial charge in [0, 0.05) is 12.4 Å². The van der Waals surface area contributed by atoms with Crippen LogP contribution in [0.5, 0.6) is 0 Å². The Kier molecular flexibility index (Phi) is 8.51. The first-order valence-electron chi connectivity index (χ1n) is 7.52. The van der Waals surface area contributed by atoms with Crippen LogP contribution in [0.25, 0.3) is 0 Å². The molecule has 0 saturated carbocycles. The molecule has 0 N–H and O–H groups in total. The summed E-state index contributed by atoms with van der Waals surface area (Å²) in [5, 5.41) is 0. The van der Waals surface area contributed by atoms with Crippen LogP contribution in [0.1, 0.15) is 25.4 Å². The molecule has 0 atom stereocenters. The van der Waals surface area contributed by atoms with Gasteiger partial charge in [-0.2, -0.15) is 0 Å². The molecular formula is C18H16Cl2FeN4O. The van der Waals surface area contributed by atoms with Crippen LogP contribution in [0.3, 0.4) is 0 Å². The van der Waals surface area contributed by atoms with Crippen LogP contribution in [0.2, 0.25) is 0 Å². The predicted molar refractivity (Wildman–Crippen MR) is 103 cm³/mol. The molecule has 5 nitrogen and oxygen atoms in total. The summed E-state index contributed by atoms with van der Waals surface area (Å²) in [4.78, 5) is 17.3. The molecule has 0 aromatic carbocycles. The summed E-state index contributed by atoms with van der Waals surface area (Å²) in [6, 6.07) is 15.0. The summed E-state index contributed by atoms with van der Waals surface area (Å²) in [6.07, 6.45) is 3.42. The Morgan fingerprint density at radius 1 is 0.808 bits per heavy atom. The van der Waals surface area contributed by atoms with Crippen molar-refractivity contribution in [3.05, 3.63) is 72.4 Å². The maximum atomic E-state index is 5.83. The SMILES string of the molecule is C/C(=N\c1ccccn1)c1ccc(/C(C)=N/c2ccccn2)o1.[Cl][Fe][Cl]. The van der Waals surface area contributed by atoms with Crippen LogP contribution in [-0.4, -0.2) is 21.4 Å². The number of halogens is 2. The number of furan rings is 1.